The van der Waals surface area contributed by atoms with Gasteiger partial charge in [-0.25, -0.2) is 0 Å². The summed E-state index contributed by atoms with van der Waals surface area (Å²) in [7, 11) is 0. The molecule has 1 heterocycles. The summed E-state index contributed by atoms with van der Waals surface area (Å²) in [6.45, 7) is 5.20. The molecule has 1 aliphatic rings. The van der Waals surface area contributed by atoms with Crippen LogP contribution in [-0.2, 0) is 9.59 Å². The van der Waals surface area contributed by atoms with Crippen molar-refractivity contribution in [2.45, 2.75) is 39.0 Å². The predicted octanol–water partition coefficient (Wildman–Crippen LogP) is 3.14. The van der Waals surface area contributed by atoms with Crippen molar-refractivity contribution in [2.24, 2.45) is 11.8 Å². The molecule has 0 spiro atoms. The molecule has 1 fully saturated rings. The largest absolute Gasteiger partial charge is 0.481 e. The fraction of sp³-hybridized carbons (Fsp3) is 0.556. The molecule has 0 aliphatic carbocycles. The lowest BCUT2D eigenvalue weighted by Gasteiger charge is -2.35. The third-order valence-electron chi connectivity index (χ3n) is 4.74. The lowest BCUT2D eigenvalue weighted by atomic mass is 9.86. The summed E-state index contributed by atoms with van der Waals surface area (Å²) in [5.74, 6) is -0.510. The van der Waals surface area contributed by atoms with Gasteiger partial charge in [-0.1, -0.05) is 44.2 Å². The number of nitrogens with zero attached hydrogens (tertiary/aromatic N) is 1. The van der Waals surface area contributed by atoms with Crippen LogP contribution in [0.1, 0.15) is 44.6 Å². The zero-order valence-electron chi connectivity index (χ0n) is 13.4. The highest BCUT2D eigenvalue weighted by atomic mass is 16.4. The molecule has 22 heavy (non-hydrogen) atoms. The first-order chi connectivity index (χ1) is 10.5. The second-order valence-electron chi connectivity index (χ2n) is 6.40. The van der Waals surface area contributed by atoms with E-state index in [1.165, 1.54) is 5.56 Å². The third-order valence-corrected chi connectivity index (χ3v) is 4.74. The fourth-order valence-electron chi connectivity index (χ4n) is 3.19. The van der Waals surface area contributed by atoms with Crippen LogP contribution in [0.3, 0.4) is 0 Å². The molecule has 1 amide bonds. The molecule has 1 N–H and O–H groups in total. The third kappa shape index (κ3) is 4.09. The minimum atomic E-state index is -0.739. The number of amides is 1. The monoisotopic (exact) mass is 303 g/mol. The van der Waals surface area contributed by atoms with Crippen molar-refractivity contribution >= 4 is 11.9 Å². The average molecular weight is 303 g/mol. The number of rotatable bonds is 5. The zero-order chi connectivity index (χ0) is 16.1. The highest BCUT2D eigenvalue weighted by Crippen LogP contribution is 2.25. The van der Waals surface area contributed by atoms with Crippen LogP contribution >= 0.6 is 0 Å². The molecule has 1 saturated heterocycles. The molecule has 120 valence electrons. The van der Waals surface area contributed by atoms with Crippen LogP contribution in [0.15, 0.2) is 30.3 Å². The number of hydrogen-bond acceptors (Lipinski definition) is 2. The van der Waals surface area contributed by atoms with Crippen LogP contribution in [0, 0.1) is 11.8 Å². The van der Waals surface area contributed by atoms with E-state index >= 15 is 0 Å². The van der Waals surface area contributed by atoms with Crippen molar-refractivity contribution in [1.29, 1.82) is 0 Å². The lowest BCUT2D eigenvalue weighted by molar-refractivity contribution is -0.148. The summed E-state index contributed by atoms with van der Waals surface area (Å²) in [5, 5.41) is 9.13. The van der Waals surface area contributed by atoms with Gasteiger partial charge in [0.15, 0.2) is 0 Å². The number of piperidine rings is 1. The highest BCUT2D eigenvalue weighted by Gasteiger charge is 2.32. The molecule has 0 saturated carbocycles. The maximum atomic E-state index is 12.3. The van der Waals surface area contributed by atoms with Gasteiger partial charge in [0.05, 0.1) is 5.92 Å². The molecule has 2 rings (SSSR count). The van der Waals surface area contributed by atoms with E-state index in [0.29, 0.717) is 31.8 Å². The van der Waals surface area contributed by atoms with Crippen LogP contribution in [-0.4, -0.2) is 35.0 Å². The highest BCUT2D eigenvalue weighted by molar-refractivity contribution is 5.77. The van der Waals surface area contributed by atoms with Crippen molar-refractivity contribution in [3.8, 4) is 0 Å². The van der Waals surface area contributed by atoms with Gasteiger partial charge in [-0.2, -0.15) is 0 Å². The van der Waals surface area contributed by atoms with Crippen LogP contribution in [0.5, 0.6) is 0 Å². The van der Waals surface area contributed by atoms with Crippen LogP contribution in [0.2, 0.25) is 0 Å². The van der Waals surface area contributed by atoms with E-state index in [0.717, 1.165) is 6.42 Å². The quantitative estimate of drug-likeness (QED) is 0.909. The number of likely N-dealkylation sites (tertiary alicyclic amines) is 1. The molecule has 1 aromatic carbocycles. The maximum Gasteiger partial charge on any atom is 0.306 e. The Hall–Kier alpha value is -1.84. The molecule has 1 aliphatic heterocycles. The van der Waals surface area contributed by atoms with Gasteiger partial charge in [-0.05, 0) is 30.2 Å². The van der Waals surface area contributed by atoms with E-state index in [1.807, 2.05) is 30.0 Å². The zero-order valence-corrected chi connectivity index (χ0v) is 13.4. The first-order valence-electron chi connectivity index (χ1n) is 8.04. The van der Waals surface area contributed by atoms with Crippen LogP contribution in [0.25, 0.3) is 0 Å². The second-order valence-corrected chi connectivity index (χ2v) is 6.40. The number of aliphatic carboxylic acids is 1. The molecule has 0 aromatic heterocycles. The maximum absolute atomic E-state index is 12.3. The van der Waals surface area contributed by atoms with Crippen molar-refractivity contribution in [1.82, 2.24) is 4.90 Å². The Labute approximate surface area is 132 Å². The summed E-state index contributed by atoms with van der Waals surface area (Å²) in [6, 6.07) is 10.2. The summed E-state index contributed by atoms with van der Waals surface area (Å²) in [4.78, 5) is 25.3. The molecule has 0 bridgehead atoms. The Morgan fingerprint density at radius 2 is 2.00 bits per heavy atom. The molecule has 3 unspecified atom stereocenters. The van der Waals surface area contributed by atoms with E-state index in [4.69, 9.17) is 5.11 Å². The van der Waals surface area contributed by atoms with E-state index in [9.17, 15) is 9.59 Å². The van der Waals surface area contributed by atoms with E-state index in [2.05, 4.69) is 19.1 Å². The number of carbonyl (C=O) groups is 2. The van der Waals surface area contributed by atoms with Gasteiger partial charge in [0.2, 0.25) is 5.91 Å². The van der Waals surface area contributed by atoms with Gasteiger partial charge in [0, 0.05) is 19.5 Å². The summed E-state index contributed by atoms with van der Waals surface area (Å²) in [6.07, 6.45) is 1.92. The topological polar surface area (TPSA) is 57.6 Å². The Balaban J connectivity index is 1.82. The van der Waals surface area contributed by atoms with Gasteiger partial charge in [0.25, 0.3) is 0 Å². The fourth-order valence-corrected chi connectivity index (χ4v) is 3.19. The number of carboxylic acids is 1. The smallest absolute Gasteiger partial charge is 0.306 e. The number of carboxylic acid groups (broad SMARTS) is 1. The first kappa shape index (κ1) is 16.5. The van der Waals surface area contributed by atoms with E-state index in [1.54, 1.807) is 0 Å². The van der Waals surface area contributed by atoms with Crippen molar-refractivity contribution < 1.29 is 14.7 Å². The number of carbonyl (C=O) groups excluding carboxylic acids is 1. The molecule has 4 heteroatoms. The molecular formula is C18H25NO3. The van der Waals surface area contributed by atoms with Crippen LogP contribution in [0.4, 0.5) is 0 Å². The standard InChI is InChI=1S/C18H25NO3/c1-13(15-6-4-3-5-7-15)8-9-17(20)19-11-10-16(18(21)22)14(2)12-19/h3-7,13-14,16H,8-12H2,1-2H3,(H,21,22). The van der Waals surface area contributed by atoms with Crippen molar-refractivity contribution in [2.75, 3.05) is 13.1 Å². The number of benzene rings is 1. The minimum Gasteiger partial charge on any atom is -0.481 e. The van der Waals surface area contributed by atoms with Gasteiger partial charge < -0.3 is 10.0 Å². The SMILES string of the molecule is CC(CCC(=O)N1CCC(C(=O)O)C(C)C1)c1ccccc1. The Kier molecular flexibility index (Phi) is 5.58. The van der Waals surface area contributed by atoms with Gasteiger partial charge >= 0.3 is 5.97 Å². The number of hydrogen-bond donors (Lipinski definition) is 1. The molecule has 0 radical (unpaired) electrons. The van der Waals surface area contributed by atoms with E-state index in [-0.39, 0.29) is 17.7 Å². The van der Waals surface area contributed by atoms with Crippen LogP contribution < -0.4 is 0 Å². The second kappa shape index (κ2) is 7.43. The van der Waals surface area contributed by atoms with Crippen molar-refractivity contribution in [3.63, 3.8) is 0 Å². The summed E-state index contributed by atoms with van der Waals surface area (Å²) in [5.41, 5.74) is 1.26. The minimum absolute atomic E-state index is 0.0294. The normalized spacial score (nSPS) is 23.1. The molecular weight excluding hydrogens is 278 g/mol. The predicted molar refractivity (Wildman–Crippen MR) is 85.6 cm³/mol. The van der Waals surface area contributed by atoms with E-state index < -0.39 is 5.97 Å². The first-order valence-corrected chi connectivity index (χ1v) is 8.04. The Morgan fingerprint density at radius 3 is 2.59 bits per heavy atom. The lowest BCUT2D eigenvalue weighted by Crippen LogP contribution is -2.45. The summed E-state index contributed by atoms with van der Waals surface area (Å²) < 4.78 is 0. The molecule has 1 aromatic rings. The van der Waals surface area contributed by atoms with Gasteiger partial charge in [-0.3, -0.25) is 9.59 Å². The molecule has 4 nitrogen and oxygen atoms in total. The van der Waals surface area contributed by atoms with Crippen molar-refractivity contribution in [3.05, 3.63) is 35.9 Å². The summed E-state index contributed by atoms with van der Waals surface area (Å²) >= 11 is 0. The van der Waals surface area contributed by atoms with Gasteiger partial charge in [0.1, 0.15) is 0 Å². The van der Waals surface area contributed by atoms with Gasteiger partial charge in [-0.15, -0.1) is 0 Å². The Morgan fingerprint density at radius 1 is 1.32 bits per heavy atom. The Bertz CT molecular complexity index is 514. The molecule has 3 atom stereocenters. The average Bonchev–Trinajstić information content (AvgIpc) is 2.52.